The number of ketones is 1. The van der Waals surface area contributed by atoms with Crippen molar-refractivity contribution >= 4 is 11.7 Å². The Morgan fingerprint density at radius 2 is 1.88 bits per heavy atom. The SMILES string of the molecule is COc1ccccc1C(=O)c1ccc(-c2nccc(-c3cc4n(n3)CCNC4=O)n2)cc1. The van der Waals surface area contributed by atoms with Crippen LogP contribution in [0.5, 0.6) is 5.75 Å². The molecule has 158 valence electrons. The fourth-order valence-corrected chi connectivity index (χ4v) is 3.66. The van der Waals surface area contributed by atoms with Gasteiger partial charge in [0.25, 0.3) is 5.91 Å². The van der Waals surface area contributed by atoms with Crippen molar-refractivity contribution < 1.29 is 14.3 Å². The lowest BCUT2D eigenvalue weighted by Crippen LogP contribution is -2.35. The molecule has 0 radical (unpaired) electrons. The summed E-state index contributed by atoms with van der Waals surface area (Å²) in [6.45, 7) is 1.18. The van der Waals surface area contributed by atoms with Gasteiger partial charge in [-0.1, -0.05) is 36.4 Å². The molecule has 0 saturated heterocycles. The maximum atomic E-state index is 12.9. The highest BCUT2D eigenvalue weighted by molar-refractivity contribution is 6.10. The molecule has 5 rings (SSSR count). The van der Waals surface area contributed by atoms with E-state index in [9.17, 15) is 9.59 Å². The van der Waals surface area contributed by atoms with Gasteiger partial charge in [-0.3, -0.25) is 14.3 Å². The zero-order valence-corrected chi connectivity index (χ0v) is 17.3. The minimum absolute atomic E-state index is 0.120. The van der Waals surface area contributed by atoms with E-state index < -0.39 is 0 Å². The summed E-state index contributed by atoms with van der Waals surface area (Å²) in [5.41, 5.74) is 3.58. The molecule has 0 saturated carbocycles. The van der Waals surface area contributed by atoms with Crippen LogP contribution in [-0.2, 0) is 6.54 Å². The van der Waals surface area contributed by atoms with Crippen LogP contribution in [0.4, 0.5) is 0 Å². The second-order valence-corrected chi connectivity index (χ2v) is 7.27. The molecule has 1 aliphatic rings. The van der Waals surface area contributed by atoms with Crippen LogP contribution in [0.3, 0.4) is 0 Å². The Labute approximate surface area is 183 Å². The Hall–Kier alpha value is -4.33. The van der Waals surface area contributed by atoms with Gasteiger partial charge in [-0.15, -0.1) is 0 Å². The van der Waals surface area contributed by atoms with E-state index in [1.807, 2.05) is 18.2 Å². The zero-order valence-electron chi connectivity index (χ0n) is 17.3. The minimum Gasteiger partial charge on any atom is -0.496 e. The summed E-state index contributed by atoms with van der Waals surface area (Å²) in [6, 6.07) is 17.8. The molecule has 4 aromatic rings. The Balaban J connectivity index is 1.43. The number of ether oxygens (including phenoxy) is 1. The normalized spacial score (nSPS) is 12.7. The molecule has 0 fully saturated rings. The van der Waals surface area contributed by atoms with Crippen molar-refractivity contribution in [2.24, 2.45) is 0 Å². The lowest BCUT2D eigenvalue weighted by atomic mass is 10.0. The molecule has 32 heavy (non-hydrogen) atoms. The standard InChI is InChI=1S/C24H19N5O3/c1-32-21-5-3-2-4-17(21)22(30)15-6-8-16(9-7-15)23-25-11-10-18(27-23)19-14-20-24(31)26-12-13-29(20)28-19/h2-11,14H,12-13H2,1H3,(H,26,31). The molecule has 2 aromatic carbocycles. The lowest BCUT2D eigenvalue weighted by Gasteiger charge is -2.13. The van der Waals surface area contributed by atoms with E-state index in [1.54, 1.807) is 60.5 Å². The van der Waals surface area contributed by atoms with Gasteiger partial charge in [-0.25, -0.2) is 9.97 Å². The first-order chi connectivity index (χ1) is 15.6. The first-order valence-corrected chi connectivity index (χ1v) is 10.1. The third-order valence-electron chi connectivity index (χ3n) is 5.30. The smallest absolute Gasteiger partial charge is 0.269 e. The second kappa shape index (κ2) is 8.07. The summed E-state index contributed by atoms with van der Waals surface area (Å²) >= 11 is 0. The number of carbonyl (C=O) groups is 2. The van der Waals surface area contributed by atoms with E-state index in [2.05, 4.69) is 20.4 Å². The van der Waals surface area contributed by atoms with Crippen LogP contribution in [-0.4, -0.2) is 45.1 Å². The number of carbonyl (C=O) groups excluding carboxylic acids is 2. The number of hydrogen-bond acceptors (Lipinski definition) is 6. The van der Waals surface area contributed by atoms with E-state index in [0.717, 1.165) is 5.56 Å². The van der Waals surface area contributed by atoms with Gasteiger partial charge in [-0.05, 0) is 24.3 Å². The molecule has 0 unspecified atom stereocenters. The number of hydrogen-bond donors (Lipinski definition) is 1. The van der Waals surface area contributed by atoms with Gasteiger partial charge in [0.05, 0.1) is 24.9 Å². The van der Waals surface area contributed by atoms with Crippen LogP contribution in [0.25, 0.3) is 22.8 Å². The first kappa shape index (κ1) is 19.6. The fraction of sp³-hybridized carbons (Fsp3) is 0.125. The number of benzene rings is 2. The number of nitrogens with one attached hydrogen (secondary N) is 1. The van der Waals surface area contributed by atoms with E-state index in [-0.39, 0.29) is 11.7 Å². The molecule has 0 aliphatic carbocycles. The number of rotatable bonds is 5. The van der Waals surface area contributed by atoms with E-state index >= 15 is 0 Å². The predicted molar refractivity (Wildman–Crippen MR) is 117 cm³/mol. The molecule has 1 amide bonds. The quantitative estimate of drug-likeness (QED) is 0.494. The predicted octanol–water partition coefficient (Wildman–Crippen LogP) is 2.99. The van der Waals surface area contributed by atoms with Crippen molar-refractivity contribution in [2.45, 2.75) is 6.54 Å². The maximum absolute atomic E-state index is 12.9. The van der Waals surface area contributed by atoms with Gasteiger partial charge in [0, 0.05) is 23.9 Å². The van der Waals surface area contributed by atoms with E-state index in [4.69, 9.17) is 4.74 Å². The van der Waals surface area contributed by atoms with Gasteiger partial charge in [0.1, 0.15) is 17.1 Å². The minimum atomic E-state index is -0.139. The molecular formula is C24H19N5O3. The zero-order chi connectivity index (χ0) is 22.1. The van der Waals surface area contributed by atoms with E-state index in [0.29, 0.717) is 52.9 Å². The van der Waals surface area contributed by atoms with Gasteiger partial charge in [0.2, 0.25) is 0 Å². The van der Waals surface area contributed by atoms with Crippen LogP contribution in [0.2, 0.25) is 0 Å². The van der Waals surface area contributed by atoms with E-state index in [1.165, 1.54) is 0 Å². The average Bonchev–Trinajstić information content (AvgIpc) is 3.30. The number of aromatic nitrogens is 4. The summed E-state index contributed by atoms with van der Waals surface area (Å²) in [7, 11) is 1.54. The lowest BCUT2D eigenvalue weighted by molar-refractivity contribution is 0.0924. The van der Waals surface area contributed by atoms with Gasteiger partial charge < -0.3 is 10.1 Å². The number of para-hydroxylation sites is 1. The van der Waals surface area contributed by atoms with Gasteiger partial charge in [0.15, 0.2) is 11.6 Å². The summed E-state index contributed by atoms with van der Waals surface area (Å²) < 4.78 is 6.99. The molecule has 8 heteroatoms. The van der Waals surface area contributed by atoms with Crippen molar-refractivity contribution in [1.29, 1.82) is 0 Å². The summed E-state index contributed by atoms with van der Waals surface area (Å²) in [5, 5.41) is 7.31. The highest BCUT2D eigenvalue weighted by Crippen LogP contribution is 2.24. The largest absolute Gasteiger partial charge is 0.496 e. The van der Waals surface area contributed by atoms with Crippen LogP contribution in [0.15, 0.2) is 66.9 Å². The van der Waals surface area contributed by atoms with Crippen molar-refractivity contribution in [3.05, 3.63) is 83.7 Å². The number of amides is 1. The number of nitrogens with zero attached hydrogens (tertiary/aromatic N) is 4. The number of methoxy groups -OCH3 is 1. The third kappa shape index (κ3) is 3.51. The average molecular weight is 425 g/mol. The highest BCUT2D eigenvalue weighted by Gasteiger charge is 2.20. The summed E-state index contributed by atoms with van der Waals surface area (Å²) in [4.78, 5) is 33.9. The van der Waals surface area contributed by atoms with Crippen molar-refractivity contribution in [3.63, 3.8) is 0 Å². The molecule has 2 aromatic heterocycles. The molecule has 3 heterocycles. The Morgan fingerprint density at radius 1 is 1.06 bits per heavy atom. The Kier molecular flexibility index (Phi) is 4.95. The van der Waals surface area contributed by atoms with Crippen molar-refractivity contribution in [3.8, 4) is 28.5 Å². The second-order valence-electron chi connectivity index (χ2n) is 7.27. The van der Waals surface area contributed by atoms with Gasteiger partial charge in [-0.2, -0.15) is 5.10 Å². The van der Waals surface area contributed by atoms with Crippen LogP contribution in [0, 0.1) is 0 Å². The van der Waals surface area contributed by atoms with Crippen LogP contribution in [0.1, 0.15) is 26.4 Å². The maximum Gasteiger partial charge on any atom is 0.269 e. The molecule has 1 N–H and O–H groups in total. The highest BCUT2D eigenvalue weighted by atomic mass is 16.5. The molecule has 0 atom stereocenters. The molecular weight excluding hydrogens is 406 g/mol. The topological polar surface area (TPSA) is 99.0 Å². The van der Waals surface area contributed by atoms with Crippen molar-refractivity contribution in [2.75, 3.05) is 13.7 Å². The molecule has 8 nitrogen and oxygen atoms in total. The fourth-order valence-electron chi connectivity index (χ4n) is 3.66. The Bertz CT molecular complexity index is 1330. The Morgan fingerprint density at radius 3 is 2.66 bits per heavy atom. The molecule has 1 aliphatic heterocycles. The van der Waals surface area contributed by atoms with Crippen LogP contribution < -0.4 is 10.1 Å². The first-order valence-electron chi connectivity index (χ1n) is 10.1. The number of fused-ring (bicyclic) bond motifs is 1. The third-order valence-corrected chi connectivity index (χ3v) is 5.30. The monoisotopic (exact) mass is 425 g/mol. The summed E-state index contributed by atoms with van der Waals surface area (Å²) in [6.07, 6.45) is 1.66. The van der Waals surface area contributed by atoms with Crippen molar-refractivity contribution in [1.82, 2.24) is 25.1 Å². The summed E-state index contributed by atoms with van der Waals surface area (Å²) in [5.74, 6) is 0.786. The van der Waals surface area contributed by atoms with Crippen LogP contribution >= 0.6 is 0 Å². The molecule has 0 bridgehead atoms. The van der Waals surface area contributed by atoms with Gasteiger partial charge >= 0.3 is 0 Å². The molecule has 0 spiro atoms.